The number of thiophene rings is 1. The third-order valence-electron chi connectivity index (χ3n) is 4.04. The molecule has 1 saturated heterocycles. The van der Waals surface area contributed by atoms with Gasteiger partial charge in [-0.25, -0.2) is 4.98 Å². The Morgan fingerprint density at radius 2 is 2.00 bits per heavy atom. The Kier molecular flexibility index (Phi) is 4.45. The molecule has 8 nitrogen and oxygen atoms in total. The van der Waals surface area contributed by atoms with Crippen LogP contribution < -0.4 is 4.90 Å². The van der Waals surface area contributed by atoms with Gasteiger partial charge in [0.05, 0.1) is 5.69 Å². The molecule has 3 aromatic heterocycles. The summed E-state index contributed by atoms with van der Waals surface area (Å²) in [6.07, 6.45) is 3.28. The van der Waals surface area contributed by atoms with Crippen molar-refractivity contribution in [2.24, 2.45) is 0 Å². The van der Waals surface area contributed by atoms with Gasteiger partial charge >= 0.3 is 0 Å². The lowest BCUT2D eigenvalue weighted by atomic mass is 10.2. The molecule has 1 amide bonds. The number of pyridine rings is 1. The maximum absolute atomic E-state index is 12.9. The minimum atomic E-state index is 0.0175. The molecule has 0 bridgehead atoms. The Hall–Kier alpha value is -2.33. The Morgan fingerprint density at radius 1 is 1.16 bits per heavy atom. The van der Waals surface area contributed by atoms with Crippen LogP contribution in [-0.2, 0) is 0 Å². The number of amides is 1. The highest BCUT2D eigenvalue weighted by Crippen LogP contribution is 2.23. The number of aromatic nitrogens is 5. The molecule has 128 valence electrons. The highest BCUT2D eigenvalue weighted by molar-refractivity contribution is 9.10. The molecule has 1 fully saturated rings. The minimum absolute atomic E-state index is 0.0175. The number of rotatable bonds is 3. The fourth-order valence-electron chi connectivity index (χ4n) is 2.75. The first-order valence-corrected chi connectivity index (χ1v) is 9.36. The van der Waals surface area contributed by atoms with Gasteiger partial charge in [0, 0.05) is 36.8 Å². The topological polar surface area (TPSA) is 80.0 Å². The number of carbonyl (C=O) groups excluding carboxylic acids is 1. The Labute approximate surface area is 156 Å². The van der Waals surface area contributed by atoms with Crippen LogP contribution in [-0.4, -0.2) is 62.2 Å². The Morgan fingerprint density at radius 3 is 2.68 bits per heavy atom. The average molecular weight is 420 g/mol. The fraction of sp³-hybridized carbons (Fsp3) is 0.267. The molecular formula is C15H14BrN7OS. The monoisotopic (exact) mass is 419 g/mol. The number of piperazine rings is 1. The molecule has 4 heterocycles. The zero-order valence-corrected chi connectivity index (χ0v) is 15.5. The van der Waals surface area contributed by atoms with Crippen LogP contribution in [0.1, 0.15) is 9.67 Å². The molecule has 0 N–H and O–H groups in total. The van der Waals surface area contributed by atoms with Crippen molar-refractivity contribution in [3.05, 3.63) is 45.5 Å². The smallest absolute Gasteiger partial charge is 0.266 e. The van der Waals surface area contributed by atoms with Gasteiger partial charge in [0.1, 0.15) is 17.0 Å². The molecule has 1 aliphatic rings. The van der Waals surface area contributed by atoms with Crippen LogP contribution in [0, 0.1) is 0 Å². The van der Waals surface area contributed by atoms with E-state index in [0.29, 0.717) is 18.0 Å². The van der Waals surface area contributed by atoms with Gasteiger partial charge in [-0.15, -0.1) is 16.4 Å². The van der Waals surface area contributed by atoms with E-state index in [1.807, 2.05) is 28.5 Å². The molecule has 10 heteroatoms. The van der Waals surface area contributed by atoms with E-state index in [0.717, 1.165) is 29.1 Å². The summed E-state index contributed by atoms with van der Waals surface area (Å²) in [5.41, 5.74) is 0.719. The van der Waals surface area contributed by atoms with Crippen LogP contribution >= 0.6 is 27.3 Å². The van der Waals surface area contributed by atoms with Crippen molar-refractivity contribution in [2.45, 2.75) is 0 Å². The highest BCUT2D eigenvalue weighted by Gasteiger charge is 2.26. The Bertz CT molecular complexity index is 856. The minimum Gasteiger partial charge on any atom is -0.353 e. The summed E-state index contributed by atoms with van der Waals surface area (Å²) >= 11 is 4.80. The van der Waals surface area contributed by atoms with Crippen molar-refractivity contribution in [1.82, 2.24) is 30.1 Å². The van der Waals surface area contributed by atoms with Gasteiger partial charge in [-0.3, -0.25) is 4.79 Å². The number of carbonyl (C=O) groups is 1. The highest BCUT2D eigenvalue weighted by atomic mass is 79.9. The van der Waals surface area contributed by atoms with Gasteiger partial charge in [0.15, 0.2) is 0 Å². The number of tetrazole rings is 1. The predicted molar refractivity (Wildman–Crippen MR) is 97.1 cm³/mol. The third kappa shape index (κ3) is 3.27. The Balaban J connectivity index is 1.45. The van der Waals surface area contributed by atoms with Crippen LogP contribution in [0.3, 0.4) is 0 Å². The summed E-state index contributed by atoms with van der Waals surface area (Å²) < 4.78 is 2.48. The summed E-state index contributed by atoms with van der Waals surface area (Å²) in [6.45, 7) is 2.82. The summed E-state index contributed by atoms with van der Waals surface area (Å²) in [7, 11) is 0. The summed E-state index contributed by atoms with van der Waals surface area (Å²) in [5, 5.41) is 13.0. The van der Waals surface area contributed by atoms with Crippen molar-refractivity contribution < 1.29 is 4.79 Å². The van der Waals surface area contributed by atoms with E-state index in [9.17, 15) is 4.79 Å². The van der Waals surface area contributed by atoms with E-state index < -0.39 is 0 Å². The molecule has 0 unspecified atom stereocenters. The lowest BCUT2D eigenvalue weighted by Gasteiger charge is -2.35. The van der Waals surface area contributed by atoms with Crippen LogP contribution in [0.15, 0.2) is 40.6 Å². The van der Waals surface area contributed by atoms with Crippen LogP contribution in [0.5, 0.6) is 0 Å². The standard InChI is InChI=1S/C15H14BrN7OS/c16-11-1-2-13(17-9-11)21-4-6-22(7-5-21)15(24)14-12(3-8-25-14)23-10-18-19-20-23/h1-3,8-10H,4-7H2. The summed E-state index contributed by atoms with van der Waals surface area (Å²) in [6, 6.07) is 5.82. The van der Waals surface area contributed by atoms with Crippen LogP contribution in [0.25, 0.3) is 5.69 Å². The molecule has 25 heavy (non-hydrogen) atoms. The SMILES string of the molecule is O=C(c1sccc1-n1cnnn1)N1CCN(c2ccc(Br)cn2)CC1. The van der Waals surface area contributed by atoms with Crippen LogP contribution in [0.2, 0.25) is 0 Å². The summed E-state index contributed by atoms with van der Waals surface area (Å²) in [5.74, 6) is 0.949. The van der Waals surface area contributed by atoms with Crippen molar-refractivity contribution in [3.63, 3.8) is 0 Å². The quantitative estimate of drug-likeness (QED) is 0.644. The van der Waals surface area contributed by atoms with E-state index in [-0.39, 0.29) is 5.91 Å². The van der Waals surface area contributed by atoms with E-state index in [4.69, 9.17) is 0 Å². The second-order valence-electron chi connectivity index (χ2n) is 5.50. The molecule has 3 aromatic rings. The largest absolute Gasteiger partial charge is 0.353 e. The van der Waals surface area contributed by atoms with Gasteiger partial charge in [-0.2, -0.15) is 4.68 Å². The molecule has 4 rings (SSSR count). The normalized spacial score (nSPS) is 14.8. The number of anilines is 1. The zero-order valence-electron chi connectivity index (χ0n) is 13.1. The van der Waals surface area contributed by atoms with Crippen molar-refractivity contribution in [2.75, 3.05) is 31.1 Å². The number of halogens is 1. The number of hydrogen-bond acceptors (Lipinski definition) is 7. The molecule has 0 spiro atoms. The lowest BCUT2D eigenvalue weighted by molar-refractivity contribution is 0.0751. The molecule has 1 aliphatic heterocycles. The molecule has 0 saturated carbocycles. The fourth-order valence-corrected chi connectivity index (χ4v) is 3.83. The van der Waals surface area contributed by atoms with E-state index in [1.165, 1.54) is 22.3 Å². The molecular weight excluding hydrogens is 406 g/mol. The van der Waals surface area contributed by atoms with Crippen molar-refractivity contribution >= 4 is 39.0 Å². The van der Waals surface area contributed by atoms with E-state index >= 15 is 0 Å². The summed E-state index contributed by atoms with van der Waals surface area (Å²) in [4.78, 5) is 22.0. The second kappa shape index (κ2) is 6.89. The lowest BCUT2D eigenvalue weighted by Crippen LogP contribution is -2.49. The van der Waals surface area contributed by atoms with E-state index in [2.05, 4.69) is 41.3 Å². The van der Waals surface area contributed by atoms with E-state index in [1.54, 1.807) is 6.20 Å². The average Bonchev–Trinajstić information content (AvgIpc) is 3.33. The molecule has 0 aromatic carbocycles. The molecule has 0 atom stereocenters. The van der Waals surface area contributed by atoms with Gasteiger partial charge in [-0.05, 0) is 49.9 Å². The number of nitrogens with zero attached hydrogens (tertiary/aromatic N) is 7. The second-order valence-corrected chi connectivity index (χ2v) is 7.34. The number of hydrogen-bond donors (Lipinski definition) is 0. The van der Waals surface area contributed by atoms with Crippen LogP contribution in [0.4, 0.5) is 5.82 Å². The van der Waals surface area contributed by atoms with Gasteiger partial charge < -0.3 is 9.80 Å². The maximum atomic E-state index is 12.9. The first kappa shape index (κ1) is 16.2. The predicted octanol–water partition coefficient (Wildman–Crippen LogP) is 1.84. The van der Waals surface area contributed by atoms with Crippen molar-refractivity contribution in [3.8, 4) is 5.69 Å². The van der Waals surface area contributed by atoms with Crippen molar-refractivity contribution in [1.29, 1.82) is 0 Å². The zero-order chi connectivity index (χ0) is 17.2. The van der Waals surface area contributed by atoms with Gasteiger partial charge in [0.25, 0.3) is 5.91 Å². The molecule has 0 aliphatic carbocycles. The molecule has 0 radical (unpaired) electrons. The van der Waals surface area contributed by atoms with Gasteiger partial charge in [0.2, 0.25) is 0 Å². The maximum Gasteiger partial charge on any atom is 0.266 e. The van der Waals surface area contributed by atoms with Gasteiger partial charge in [-0.1, -0.05) is 0 Å². The first-order chi connectivity index (χ1) is 12.2. The first-order valence-electron chi connectivity index (χ1n) is 7.69. The third-order valence-corrected chi connectivity index (χ3v) is 5.40.